The van der Waals surface area contributed by atoms with E-state index < -0.39 is 17.9 Å². The summed E-state index contributed by atoms with van der Waals surface area (Å²) < 4.78 is 4.16. The van der Waals surface area contributed by atoms with E-state index in [-0.39, 0.29) is 23.5 Å². The Bertz CT molecular complexity index is 2010. The fourth-order valence-electron chi connectivity index (χ4n) is 4.86. The van der Waals surface area contributed by atoms with Crippen molar-refractivity contribution in [3.8, 4) is 16.9 Å². The van der Waals surface area contributed by atoms with E-state index in [0.717, 1.165) is 0 Å². The number of rotatable bonds is 7. The predicted molar refractivity (Wildman–Crippen MR) is 149 cm³/mol. The van der Waals surface area contributed by atoms with Crippen molar-refractivity contribution in [2.45, 2.75) is 19.5 Å². The molecule has 4 aromatic heterocycles. The third-order valence-electron chi connectivity index (χ3n) is 6.64. The van der Waals surface area contributed by atoms with Crippen molar-refractivity contribution < 1.29 is 14.7 Å². The fraction of sp³-hybridized carbons (Fsp3) is 0.107. The summed E-state index contributed by atoms with van der Waals surface area (Å²) in [6.07, 6.45) is 4.68. The van der Waals surface area contributed by atoms with Gasteiger partial charge < -0.3 is 16.2 Å². The molecule has 0 aliphatic rings. The zero-order valence-corrected chi connectivity index (χ0v) is 21.7. The summed E-state index contributed by atoms with van der Waals surface area (Å²) in [5.74, 6) is -1.51. The number of nitrogen functional groups attached to an aromatic ring is 1. The van der Waals surface area contributed by atoms with Crippen LogP contribution in [0.5, 0.6) is 0 Å². The molecule has 6 rings (SSSR count). The van der Waals surface area contributed by atoms with Gasteiger partial charge in [0.15, 0.2) is 11.5 Å². The summed E-state index contributed by atoms with van der Waals surface area (Å²) in [5.41, 5.74) is 8.15. The number of amides is 1. The minimum atomic E-state index is -1.06. The molecule has 0 unspecified atom stereocenters. The lowest BCUT2D eigenvalue weighted by Gasteiger charge is -2.21. The first-order valence-corrected chi connectivity index (χ1v) is 12.6. The summed E-state index contributed by atoms with van der Waals surface area (Å²) in [7, 11) is 0. The van der Waals surface area contributed by atoms with Crippen LogP contribution in [0, 0.1) is 0 Å². The second-order valence-electron chi connectivity index (χ2n) is 9.35. The summed E-state index contributed by atoms with van der Waals surface area (Å²) in [6.45, 7) is 1.41. The molecule has 13 nitrogen and oxygen atoms in total. The van der Waals surface area contributed by atoms with Crippen molar-refractivity contribution in [1.82, 2.24) is 39.5 Å². The maximum Gasteiger partial charge on any atom is 0.325 e. The van der Waals surface area contributed by atoms with Gasteiger partial charge in [0.1, 0.15) is 17.8 Å². The normalized spacial score (nSPS) is 12.0. The smallest absolute Gasteiger partial charge is 0.325 e. The van der Waals surface area contributed by atoms with Crippen LogP contribution in [-0.2, 0) is 11.3 Å². The average molecular weight is 550 g/mol. The van der Waals surface area contributed by atoms with Gasteiger partial charge in [-0.25, -0.2) is 14.2 Å². The monoisotopic (exact) mass is 549 g/mol. The largest absolute Gasteiger partial charge is 0.480 e. The first-order chi connectivity index (χ1) is 19.8. The van der Waals surface area contributed by atoms with Gasteiger partial charge in [-0.2, -0.15) is 0 Å². The van der Waals surface area contributed by atoms with Crippen molar-refractivity contribution in [3.63, 3.8) is 0 Å². The lowest BCUT2D eigenvalue weighted by molar-refractivity contribution is -0.137. The average Bonchev–Trinajstić information content (AvgIpc) is 3.55. The molecule has 6 aromatic rings. The fourth-order valence-corrected chi connectivity index (χ4v) is 4.86. The summed E-state index contributed by atoms with van der Waals surface area (Å²) in [6, 6.07) is 17.2. The van der Waals surface area contributed by atoms with Crippen LogP contribution >= 0.6 is 0 Å². The van der Waals surface area contributed by atoms with Gasteiger partial charge in [0.05, 0.1) is 17.6 Å². The number of pyridine rings is 1. The second kappa shape index (κ2) is 10.0. The number of carboxylic acids is 1. The minimum Gasteiger partial charge on any atom is -0.480 e. The van der Waals surface area contributed by atoms with E-state index >= 15 is 0 Å². The Morgan fingerprint density at radius 3 is 2.68 bits per heavy atom. The number of aliphatic carboxylic acids is 1. The molecule has 13 heteroatoms. The Hall–Kier alpha value is -5.85. The molecule has 1 atom stereocenters. The lowest BCUT2D eigenvalue weighted by atomic mass is 10.0. The number of para-hydroxylation sites is 1. The lowest BCUT2D eigenvalue weighted by Crippen LogP contribution is -2.32. The highest BCUT2D eigenvalue weighted by Gasteiger charge is 2.24. The van der Waals surface area contributed by atoms with Crippen molar-refractivity contribution in [3.05, 3.63) is 101 Å². The minimum absolute atomic E-state index is 0.0351. The van der Waals surface area contributed by atoms with E-state index in [0.29, 0.717) is 39.1 Å². The van der Waals surface area contributed by atoms with Crippen LogP contribution in [0.4, 0.5) is 5.82 Å². The highest BCUT2D eigenvalue weighted by molar-refractivity contribution is 6.04. The number of hydrogen-bond donors (Lipinski definition) is 3. The summed E-state index contributed by atoms with van der Waals surface area (Å²) >= 11 is 0. The van der Waals surface area contributed by atoms with Gasteiger partial charge in [-0.3, -0.25) is 19.0 Å². The number of hydrogen-bond acceptors (Lipinski definition) is 8. The molecular weight excluding hydrogens is 526 g/mol. The predicted octanol–water partition coefficient (Wildman–Crippen LogP) is 2.45. The van der Waals surface area contributed by atoms with Gasteiger partial charge in [0, 0.05) is 29.3 Å². The van der Waals surface area contributed by atoms with E-state index in [1.54, 1.807) is 55.7 Å². The number of aromatic nitrogens is 7. The number of fused-ring (bicyclic) bond motifs is 2. The first kappa shape index (κ1) is 25.4. The molecule has 0 saturated carbocycles. The third kappa shape index (κ3) is 4.54. The van der Waals surface area contributed by atoms with Crippen LogP contribution < -0.4 is 16.6 Å². The Morgan fingerprint density at radius 1 is 1.10 bits per heavy atom. The quantitative estimate of drug-likeness (QED) is 0.270. The molecule has 0 fully saturated rings. The maximum absolute atomic E-state index is 14.2. The number of carbonyl (C=O) groups excluding carboxylic acids is 1. The third-order valence-corrected chi connectivity index (χ3v) is 6.64. The second-order valence-corrected chi connectivity index (χ2v) is 9.35. The number of nitrogens with one attached hydrogen (secondary N) is 1. The number of nitrogens with two attached hydrogens (primary N) is 1. The molecule has 0 radical (unpaired) electrons. The van der Waals surface area contributed by atoms with Crippen LogP contribution in [0.25, 0.3) is 33.4 Å². The number of anilines is 1. The zero-order valence-electron chi connectivity index (χ0n) is 21.7. The molecule has 1 amide bonds. The van der Waals surface area contributed by atoms with Crippen molar-refractivity contribution >= 4 is 34.1 Å². The standard InChI is InChI=1S/C28H23N9O4/c1-16(31-27(40)24-25(29)33-36-12-6-11-30-26(24)36)21-13-17-7-5-10-19(20-14-35(34-32-20)15-22(38)39)23(17)28(41)37(21)18-8-3-2-4-9-18/h2-14,16H,15H2,1H3,(H2,29,33)(H,31,40)(H,38,39)/t16-/m0/s1. The molecule has 2 aromatic carbocycles. The number of benzene rings is 2. The molecule has 0 saturated heterocycles. The van der Waals surface area contributed by atoms with Crippen molar-refractivity contribution in [2.24, 2.45) is 0 Å². The number of carbonyl (C=O) groups is 2. The van der Waals surface area contributed by atoms with Crippen LogP contribution in [0.15, 0.2) is 84.0 Å². The van der Waals surface area contributed by atoms with Crippen molar-refractivity contribution in [2.75, 3.05) is 5.73 Å². The molecule has 4 heterocycles. The van der Waals surface area contributed by atoms with Gasteiger partial charge in [-0.1, -0.05) is 41.6 Å². The van der Waals surface area contributed by atoms with E-state index in [9.17, 15) is 14.4 Å². The number of carboxylic acid groups (broad SMARTS) is 1. The van der Waals surface area contributed by atoms with E-state index in [1.807, 2.05) is 24.3 Å². The molecule has 4 N–H and O–H groups in total. The Labute approximate surface area is 231 Å². The van der Waals surface area contributed by atoms with Crippen molar-refractivity contribution in [1.29, 1.82) is 0 Å². The first-order valence-electron chi connectivity index (χ1n) is 12.6. The van der Waals surface area contributed by atoms with E-state index in [4.69, 9.17) is 10.8 Å². The Kier molecular flexibility index (Phi) is 6.22. The topological polar surface area (TPSA) is 175 Å². The molecule has 0 aliphatic heterocycles. The van der Waals surface area contributed by atoms with E-state index in [1.165, 1.54) is 20.0 Å². The van der Waals surface area contributed by atoms with Crippen LogP contribution in [0.2, 0.25) is 0 Å². The molecule has 0 spiro atoms. The Balaban J connectivity index is 1.48. The van der Waals surface area contributed by atoms with Gasteiger partial charge in [-0.05, 0) is 36.6 Å². The summed E-state index contributed by atoms with van der Waals surface area (Å²) in [4.78, 5) is 43.0. The molecule has 204 valence electrons. The zero-order chi connectivity index (χ0) is 28.7. The van der Waals surface area contributed by atoms with Crippen LogP contribution in [0.3, 0.4) is 0 Å². The molecule has 0 bridgehead atoms. The summed E-state index contributed by atoms with van der Waals surface area (Å²) in [5, 5.41) is 25.2. The van der Waals surface area contributed by atoms with Crippen LogP contribution in [0.1, 0.15) is 29.0 Å². The van der Waals surface area contributed by atoms with Gasteiger partial charge >= 0.3 is 5.97 Å². The maximum atomic E-state index is 14.2. The van der Waals surface area contributed by atoms with Gasteiger partial charge in [-0.15, -0.1) is 10.2 Å². The highest BCUT2D eigenvalue weighted by atomic mass is 16.4. The molecule has 0 aliphatic carbocycles. The van der Waals surface area contributed by atoms with Gasteiger partial charge in [0.2, 0.25) is 0 Å². The highest BCUT2D eigenvalue weighted by Crippen LogP contribution is 2.28. The Morgan fingerprint density at radius 2 is 1.90 bits per heavy atom. The number of nitrogens with zero attached hydrogens (tertiary/aromatic N) is 7. The molecule has 41 heavy (non-hydrogen) atoms. The van der Waals surface area contributed by atoms with Crippen LogP contribution in [-0.4, -0.2) is 51.1 Å². The molecular formula is C28H23N9O4. The van der Waals surface area contributed by atoms with Gasteiger partial charge in [0.25, 0.3) is 11.5 Å². The SMILES string of the molecule is C[C@H](NC(=O)c1c(N)nn2cccnc12)c1cc2cccc(-c3cn(CC(=O)O)nn3)c2c(=O)n1-c1ccccc1. The van der Waals surface area contributed by atoms with E-state index in [2.05, 4.69) is 25.7 Å².